The van der Waals surface area contributed by atoms with Gasteiger partial charge in [0.1, 0.15) is 0 Å². The maximum absolute atomic E-state index is 5.78. The van der Waals surface area contributed by atoms with E-state index in [1.807, 2.05) is 31.3 Å². The van der Waals surface area contributed by atoms with Crippen LogP contribution in [0.2, 0.25) is 0 Å². The molecule has 1 saturated heterocycles. The first-order valence-electron chi connectivity index (χ1n) is 7.25. The Kier molecular flexibility index (Phi) is 6.02. The molecule has 4 heteroatoms. The van der Waals surface area contributed by atoms with E-state index in [9.17, 15) is 0 Å². The van der Waals surface area contributed by atoms with Crippen LogP contribution in [0.3, 0.4) is 0 Å². The van der Waals surface area contributed by atoms with Crippen molar-refractivity contribution in [3.8, 4) is 0 Å². The highest BCUT2D eigenvalue weighted by molar-refractivity contribution is 5.62. The van der Waals surface area contributed by atoms with Crippen molar-refractivity contribution in [2.75, 3.05) is 20.3 Å². The van der Waals surface area contributed by atoms with Gasteiger partial charge in [0.05, 0.1) is 31.6 Å². The maximum Gasteiger partial charge on any atom is 0.0920 e. The number of methoxy groups -OCH3 is 1. The van der Waals surface area contributed by atoms with Crippen LogP contribution in [0.1, 0.15) is 25.3 Å². The minimum Gasteiger partial charge on any atom is -0.382 e. The number of hydrazone groups is 1. The van der Waals surface area contributed by atoms with Crippen molar-refractivity contribution in [3.05, 3.63) is 35.9 Å². The minimum absolute atomic E-state index is 0.0130. The highest BCUT2D eigenvalue weighted by atomic mass is 16.5. The zero-order valence-electron chi connectivity index (χ0n) is 12.4. The van der Waals surface area contributed by atoms with Gasteiger partial charge in [-0.25, -0.2) is 0 Å². The molecule has 1 aliphatic heterocycles. The van der Waals surface area contributed by atoms with E-state index in [-0.39, 0.29) is 6.10 Å². The normalized spacial score (nSPS) is 20.7. The molecule has 2 atom stereocenters. The first kappa shape index (κ1) is 15.0. The first-order chi connectivity index (χ1) is 9.79. The van der Waals surface area contributed by atoms with Crippen LogP contribution in [0.25, 0.3) is 0 Å². The Morgan fingerprint density at radius 1 is 1.40 bits per heavy atom. The minimum atomic E-state index is 0.0130. The van der Waals surface area contributed by atoms with Gasteiger partial charge < -0.3 is 9.47 Å². The standard InChI is InChI=1S/C16H24N2O2/c1-14(20-12-15-7-4-3-5-8-15)11-17-18-10-6-9-16(18)13-19-2/h3-5,7-8,11,14,16H,6,9-10,12-13H2,1-2H3/b17-11+/t14-,16-/m0/s1. The number of benzene rings is 1. The predicted molar refractivity (Wildman–Crippen MR) is 80.8 cm³/mol. The Hall–Kier alpha value is -1.39. The molecular formula is C16H24N2O2. The van der Waals surface area contributed by atoms with Crippen LogP contribution in [-0.2, 0) is 16.1 Å². The molecule has 0 spiro atoms. The quantitative estimate of drug-likeness (QED) is 0.718. The van der Waals surface area contributed by atoms with Gasteiger partial charge in [0.15, 0.2) is 0 Å². The van der Waals surface area contributed by atoms with Crippen molar-refractivity contribution in [3.63, 3.8) is 0 Å². The second-order valence-electron chi connectivity index (χ2n) is 5.18. The molecule has 1 aromatic carbocycles. The van der Waals surface area contributed by atoms with Crippen LogP contribution in [0.15, 0.2) is 35.4 Å². The molecule has 1 heterocycles. The van der Waals surface area contributed by atoms with Gasteiger partial charge in [0.25, 0.3) is 0 Å². The number of hydrogen-bond donors (Lipinski definition) is 0. The van der Waals surface area contributed by atoms with Crippen molar-refractivity contribution in [2.45, 2.75) is 38.5 Å². The van der Waals surface area contributed by atoms with E-state index >= 15 is 0 Å². The van der Waals surface area contributed by atoms with Crippen molar-refractivity contribution < 1.29 is 9.47 Å². The number of hydrogen-bond acceptors (Lipinski definition) is 4. The van der Waals surface area contributed by atoms with Gasteiger partial charge in [0, 0.05) is 13.7 Å². The summed E-state index contributed by atoms with van der Waals surface area (Å²) in [5.41, 5.74) is 1.19. The fourth-order valence-electron chi connectivity index (χ4n) is 2.36. The van der Waals surface area contributed by atoms with Crippen LogP contribution in [0.5, 0.6) is 0 Å². The summed E-state index contributed by atoms with van der Waals surface area (Å²) < 4.78 is 11.0. The van der Waals surface area contributed by atoms with Gasteiger partial charge in [-0.05, 0) is 25.3 Å². The molecule has 0 amide bonds. The lowest BCUT2D eigenvalue weighted by Gasteiger charge is -2.21. The van der Waals surface area contributed by atoms with Gasteiger partial charge in [-0.2, -0.15) is 5.10 Å². The molecule has 0 aliphatic carbocycles. The van der Waals surface area contributed by atoms with E-state index < -0.39 is 0 Å². The molecule has 110 valence electrons. The van der Waals surface area contributed by atoms with Gasteiger partial charge in [-0.15, -0.1) is 0 Å². The summed E-state index contributed by atoms with van der Waals surface area (Å²) in [7, 11) is 1.74. The number of nitrogens with zero attached hydrogens (tertiary/aromatic N) is 2. The maximum atomic E-state index is 5.78. The van der Waals surface area contributed by atoms with E-state index in [0.29, 0.717) is 12.6 Å². The molecule has 1 fully saturated rings. The Morgan fingerprint density at radius 3 is 2.95 bits per heavy atom. The summed E-state index contributed by atoms with van der Waals surface area (Å²) >= 11 is 0. The lowest BCUT2D eigenvalue weighted by atomic mass is 10.2. The second-order valence-corrected chi connectivity index (χ2v) is 5.18. The summed E-state index contributed by atoms with van der Waals surface area (Å²) in [5.74, 6) is 0. The third-order valence-electron chi connectivity index (χ3n) is 3.49. The molecular weight excluding hydrogens is 252 g/mol. The first-order valence-corrected chi connectivity index (χ1v) is 7.25. The highest BCUT2D eigenvalue weighted by Crippen LogP contribution is 2.17. The molecule has 0 N–H and O–H groups in total. The number of rotatable bonds is 7. The van der Waals surface area contributed by atoms with Crippen molar-refractivity contribution in [1.29, 1.82) is 0 Å². The zero-order chi connectivity index (χ0) is 14.2. The topological polar surface area (TPSA) is 34.1 Å². The van der Waals surface area contributed by atoms with Crippen molar-refractivity contribution >= 4 is 6.21 Å². The van der Waals surface area contributed by atoms with Crippen LogP contribution in [-0.4, -0.2) is 43.6 Å². The summed E-state index contributed by atoms with van der Waals surface area (Å²) in [5, 5.41) is 6.66. The molecule has 2 rings (SSSR count). The second kappa shape index (κ2) is 8.02. The Morgan fingerprint density at radius 2 is 2.20 bits per heavy atom. The number of ether oxygens (including phenoxy) is 2. The largest absolute Gasteiger partial charge is 0.382 e. The smallest absolute Gasteiger partial charge is 0.0920 e. The third kappa shape index (κ3) is 4.62. The van der Waals surface area contributed by atoms with E-state index in [4.69, 9.17) is 9.47 Å². The Labute approximate surface area is 121 Å². The van der Waals surface area contributed by atoms with E-state index in [2.05, 4.69) is 22.2 Å². The van der Waals surface area contributed by atoms with Crippen LogP contribution in [0, 0.1) is 0 Å². The summed E-state index contributed by atoms with van der Waals surface area (Å²) in [4.78, 5) is 0. The van der Waals surface area contributed by atoms with E-state index in [1.165, 1.54) is 12.0 Å². The lowest BCUT2D eigenvalue weighted by Crippen LogP contribution is -2.29. The van der Waals surface area contributed by atoms with Crippen LogP contribution < -0.4 is 0 Å². The molecule has 0 radical (unpaired) electrons. The molecule has 0 unspecified atom stereocenters. The summed E-state index contributed by atoms with van der Waals surface area (Å²) in [6.45, 7) is 4.40. The molecule has 20 heavy (non-hydrogen) atoms. The van der Waals surface area contributed by atoms with Gasteiger partial charge in [0.2, 0.25) is 0 Å². The molecule has 1 aliphatic rings. The van der Waals surface area contributed by atoms with Crippen LogP contribution in [0.4, 0.5) is 0 Å². The average Bonchev–Trinajstić information content (AvgIpc) is 2.92. The molecule has 0 saturated carbocycles. The molecule has 4 nitrogen and oxygen atoms in total. The SMILES string of the molecule is COC[C@@H]1CCCN1/N=C/[C@H](C)OCc1ccccc1. The van der Waals surface area contributed by atoms with Crippen LogP contribution >= 0.6 is 0 Å². The van der Waals surface area contributed by atoms with Gasteiger partial charge in [-0.1, -0.05) is 30.3 Å². The Balaban J connectivity index is 1.76. The van der Waals surface area contributed by atoms with E-state index in [0.717, 1.165) is 19.6 Å². The fraction of sp³-hybridized carbons (Fsp3) is 0.562. The lowest BCUT2D eigenvalue weighted by molar-refractivity contribution is 0.0940. The predicted octanol–water partition coefficient (Wildman–Crippen LogP) is 2.69. The molecule has 0 bridgehead atoms. The van der Waals surface area contributed by atoms with Crippen molar-refractivity contribution in [2.24, 2.45) is 5.10 Å². The molecule has 1 aromatic rings. The monoisotopic (exact) mass is 276 g/mol. The fourth-order valence-corrected chi connectivity index (χ4v) is 2.36. The van der Waals surface area contributed by atoms with Gasteiger partial charge in [-0.3, -0.25) is 5.01 Å². The average molecular weight is 276 g/mol. The summed E-state index contributed by atoms with van der Waals surface area (Å²) in [6, 6.07) is 10.6. The van der Waals surface area contributed by atoms with Crippen molar-refractivity contribution in [1.82, 2.24) is 5.01 Å². The highest BCUT2D eigenvalue weighted by Gasteiger charge is 2.22. The zero-order valence-corrected chi connectivity index (χ0v) is 12.4. The Bertz CT molecular complexity index is 408. The summed E-state index contributed by atoms with van der Waals surface area (Å²) in [6.07, 6.45) is 4.24. The molecule has 0 aromatic heterocycles. The van der Waals surface area contributed by atoms with Gasteiger partial charge >= 0.3 is 0 Å². The third-order valence-corrected chi connectivity index (χ3v) is 3.49. The van der Waals surface area contributed by atoms with E-state index in [1.54, 1.807) is 7.11 Å².